The summed E-state index contributed by atoms with van der Waals surface area (Å²) < 4.78 is 1.81. The average Bonchev–Trinajstić information content (AvgIpc) is 2.74. The standard InChI is InChI=1S/C12H17N5/c1-9-4-5-11(10(2)8-9)17-12(6-7-13-3)14-15-16-17/h4-5,8,13H,6-7H2,1-3H3. The summed E-state index contributed by atoms with van der Waals surface area (Å²) in [5.74, 6) is 0.881. The summed E-state index contributed by atoms with van der Waals surface area (Å²) in [5.41, 5.74) is 3.48. The molecule has 0 aliphatic heterocycles. The molecule has 0 saturated heterocycles. The van der Waals surface area contributed by atoms with Gasteiger partial charge in [0.25, 0.3) is 0 Å². The smallest absolute Gasteiger partial charge is 0.157 e. The van der Waals surface area contributed by atoms with Crippen LogP contribution in [-0.4, -0.2) is 33.8 Å². The monoisotopic (exact) mass is 231 g/mol. The Morgan fingerprint density at radius 3 is 2.82 bits per heavy atom. The molecule has 90 valence electrons. The lowest BCUT2D eigenvalue weighted by Crippen LogP contribution is -2.14. The van der Waals surface area contributed by atoms with Crippen LogP contribution in [-0.2, 0) is 6.42 Å². The Morgan fingerprint density at radius 1 is 1.29 bits per heavy atom. The number of benzene rings is 1. The maximum atomic E-state index is 4.06. The summed E-state index contributed by atoms with van der Waals surface area (Å²) >= 11 is 0. The lowest BCUT2D eigenvalue weighted by atomic mass is 10.1. The first-order valence-corrected chi connectivity index (χ1v) is 5.72. The molecule has 0 fully saturated rings. The molecule has 1 aromatic heterocycles. The maximum absolute atomic E-state index is 4.06. The van der Waals surface area contributed by atoms with Gasteiger partial charge in [-0.3, -0.25) is 0 Å². The van der Waals surface area contributed by atoms with Crippen LogP contribution in [0.4, 0.5) is 0 Å². The van der Waals surface area contributed by atoms with E-state index < -0.39 is 0 Å². The Balaban J connectivity index is 2.35. The molecule has 0 atom stereocenters. The van der Waals surface area contributed by atoms with E-state index in [0.29, 0.717) is 0 Å². The van der Waals surface area contributed by atoms with Crippen molar-refractivity contribution in [2.24, 2.45) is 0 Å². The van der Waals surface area contributed by atoms with Crippen molar-refractivity contribution in [3.63, 3.8) is 0 Å². The molecule has 17 heavy (non-hydrogen) atoms. The largest absolute Gasteiger partial charge is 0.319 e. The Bertz CT molecular complexity index is 503. The first-order chi connectivity index (χ1) is 8.22. The van der Waals surface area contributed by atoms with Crippen molar-refractivity contribution in [1.29, 1.82) is 0 Å². The maximum Gasteiger partial charge on any atom is 0.157 e. The molecule has 0 saturated carbocycles. The van der Waals surface area contributed by atoms with Crippen LogP contribution in [0, 0.1) is 13.8 Å². The van der Waals surface area contributed by atoms with Crippen LogP contribution in [0.3, 0.4) is 0 Å². The number of tetrazole rings is 1. The highest BCUT2D eigenvalue weighted by Crippen LogP contribution is 2.15. The topological polar surface area (TPSA) is 55.6 Å². The van der Waals surface area contributed by atoms with Gasteiger partial charge in [-0.2, -0.15) is 4.68 Å². The molecule has 1 aromatic carbocycles. The van der Waals surface area contributed by atoms with Crippen molar-refractivity contribution >= 4 is 0 Å². The first-order valence-electron chi connectivity index (χ1n) is 5.72. The molecule has 1 N–H and O–H groups in total. The molecule has 5 nitrogen and oxygen atoms in total. The van der Waals surface area contributed by atoms with Crippen molar-refractivity contribution in [3.05, 3.63) is 35.2 Å². The quantitative estimate of drug-likeness (QED) is 0.854. The minimum absolute atomic E-state index is 0.816. The predicted octanol–water partition coefficient (Wildman–Crippen LogP) is 1.04. The number of nitrogens with one attached hydrogen (secondary N) is 1. The minimum atomic E-state index is 0.816. The summed E-state index contributed by atoms with van der Waals surface area (Å²) in [6.45, 7) is 5.02. The van der Waals surface area contributed by atoms with Crippen molar-refractivity contribution in [2.45, 2.75) is 20.3 Å². The molecule has 0 radical (unpaired) electrons. The van der Waals surface area contributed by atoms with Crippen LogP contribution < -0.4 is 5.32 Å². The molecule has 2 rings (SSSR count). The Kier molecular flexibility index (Phi) is 3.49. The van der Waals surface area contributed by atoms with Crippen LogP contribution in [0.15, 0.2) is 18.2 Å². The number of likely N-dealkylation sites (N-methyl/N-ethyl adjacent to an activating group) is 1. The molecular formula is C12H17N5. The minimum Gasteiger partial charge on any atom is -0.319 e. The number of nitrogens with zero attached hydrogens (tertiary/aromatic N) is 4. The van der Waals surface area contributed by atoms with Gasteiger partial charge in [0.1, 0.15) is 0 Å². The Morgan fingerprint density at radius 2 is 2.12 bits per heavy atom. The zero-order chi connectivity index (χ0) is 12.3. The normalized spacial score (nSPS) is 10.8. The molecule has 0 aliphatic carbocycles. The number of hydrogen-bond donors (Lipinski definition) is 1. The number of aromatic nitrogens is 4. The average molecular weight is 231 g/mol. The second-order valence-electron chi connectivity index (χ2n) is 4.15. The number of aryl methyl sites for hydroxylation is 2. The fourth-order valence-electron chi connectivity index (χ4n) is 1.83. The van der Waals surface area contributed by atoms with Gasteiger partial charge < -0.3 is 5.32 Å². The van der Waals surface area contributed by atoms with E-state index in [0.717, 1.165) is 24.5 Å². The van der Waals surface area contributed by atoms with E-state index in [1.165, 1.54) is 11.1 Å². The van der Waals surface area contributed by atoms with Crippen molar-refractivity contribution < 1.29 is 0 Å². The SMILES string of the molecule is CNCCc1nnnn1-c1ccc(C)cc1C. The van der Waals surface area contributed by atoms with E-state index in [2.05, 4.69) is 52.9 Å². The van der Waals surface area contributed by atoms with E-state index in [-0.39, 0.29) is 0 Å². The van der Waals surface area contributed by atoms with Gasteiger partial charge in [0, 0.05) is 13.0 Å². The molecule has 0 spiro atoms. The molecular weight excluding hydrogens is 214 g/mol. The fraction of sp³-hybridized carbons (Fsp3) is 0.417. The van der Waals surface area contributed by atoms with Crippen LogP contribution in [0.1, 0.15) is 17.0 Å². The molecule has 0 amide bonds. The highest BCUT2D eigenvalue weighted by molar-refractivity contribution is 5.42. The van der Waals surface area contributed by atoms with Crippen molar-refractivity contribution in [1.82, 2.24) is 25.5 Å². The summed E-state index contributed by atoms with van der Waals surface area (Å²) in [6, 6.07) is 6.27. The second-order valence-corrected chi connectivity index (χ2v) is 4.15. The third-order valence-corrected chi connectivity index (χ3v) is 2.71. The summed E-state index contributed by atoms with van der Waals surface area (Å²) in [5, 5.41) is 15.0. The molecule has 5 heteroatoms. The Labute approximate surface area is 101 Å². The third kappa shape index (κ3) is 2.50. The van der Waals surface area contributed by atoms with Gasteiger partial charge in [-0.1, -0.05) is 17.7 Å². The second kappa shape index (κ2) is 5.05. The van der Waals surface area contributed by atoms with E-state index >= 15 is 0 Å². The highest BCUT2D eigenvalue weighted by Gasteiger charge is 2.09. The zero-order valence-corrected chi connectivity index (χ0v) is 10.4. The van der Waals surface area contributed by atoms with Gasteiger partial charge in [0.15, 0.2) is 5.82 Å². The van der Waals surface area contributed by atoms with Crippen LogP contribution in [0.5, 0.6) is 0 Å². The molecule has 1 heterocycles. The van der Waals surface area contributed by atoms with Gasteiger partial charge in [0.05, 0.1) is 5.69 Å². The zero-order valence-electron chi connectivity index (χ0n) is 10.4. The van der Waals surface area contributed by atoms with Gasteiger partial charge in [-0.05, 0) is 43.0 Å². The molecule has 2 aromatic rings. The highest BCUT2D eigenvalue weighted by atomic mass is 15.5. The van der Waals surface area contributed by atoms with Gasteiger partial charge >= 0.3 is 0 Å². The van der Waals surface area contributed by atoms with E-state index in [9.17, 15) is 0 Å². The van der Waals surface area contributed by atoms with E-state index in [4.69, 9.17) is 0 Å². The van der Waals surface area contributed by atoms with E-state index in [1.54, 1.807) is 0 Å². The van der Waals surface area contributed by atoms with Gasteiger partial charge in [-0.15, -0.1) is 5.10 Å². The summed E-state index contributed by atoms with van der Waals surface area (Å²) in [4.78, 5) is 0. The van der Waals surface area contributed by atoms with Gasteiger partial charge in [-0.25, -0.2) is 0 Å². The fourth-order valence-corrected chi connectivity index (χ4v) is 1.83. The summed E-state index contributed by atoms with van der Waals surface area (Å²) in [7, 11) is 1.92. The van der Waals surface area contributed by atoms with Crippen molar-refractivity contribution in [3.8, 4) is 5.69 Å². The van der Waals surface area contributed by atoms with E-state index in [1.807, 2.05) is 11.7 Å². The van der Waals surface area contributed by atoms with Gasteiger partial charge in [0.2, 0.25) is 0 Å². The molecule has 0 aliphatic rings. The number of rotatable bonds is 4. The van der Waals surface area contributed by atoms with Crippen LogP contribution >= 0.6 is 0 Å². The predicted molar refractivity (Wildman–Crippen MR) is 66.3 cm³/mol. The van der Waals surface area contributed by atoms with Crippen LogP contribution in [0.2, 0.25) is 0 Å². The first kappa shape index (κ1) is 11.7. The number of hydrogen-bond acceptors (Lipinski definition) is 4. The lowest BCUT2D eigenvalue weighted by Gasteiger charge is -2.08. The Hall–Kier alpha value is -1.75. The summed E-state index contributed by atoms with van der Waals surface area (Å²) in [6.07, 6.45) is 0.816. The van der Waals surface area contributed by atoms with Crippen molar-refractivity contribution in [2.75, 3.05) is 13.6 Å². The third-order valence-electron chi connectivity index (χ3n) is 2.71. The molecule has 0 unspecified atom stereocenters. The van der Waals surface area contributed by atoms with Crippen LogP contribution in [0.25, 0.3) is 5.69 Å². The lowest BCUT2D eigenvalue weighted by molar-refractivity contribution is 0.714. The molecule has 0 bridgehead atoms.